The van der Waals surface area contributed by atoms with E-state index >= 15 is 0 Å². The van der Waals surface area contributed by atoms with E-state index < -0.39 is 17.7 Å². The lowest BCUT2D eigenvalue weighted by atomic mass is 9.94. The predicted molar refractivity (Wildman–Crippen MR) is 129 cm³/mol. The first-order valence-corrected chi connectivity index (χ1v) is 11.5. The lowest BCUT2D eigenvalue weighted by molar-refractivity contribution is -0.139. The molecule has 0 saturated carbocycles. The average Bonchev–Trinajstić information content (AvgIpc) is 3.01. The summed E-state index contributed by atoms with van der Waals surface area (Å²) in [6.07, 6.45) is 1.61. The Morgan fingerprint density at radius 2 is 1.85 bits per heavy atom. The molecule has 33 heavy (non-hydrogen) atoms. The zero-order valence-corrected chi connectivity index (χ0v) is 20.4. The second kappa shape index (κ2) is 10.3. The minimum Gasteiger partial charge on any atom is -0.507 e. The summed E-state index contributed by atoms with van der Waals surface area (Å²) in [5.41, 5.74) is 1.80. The molecule has 1 N–H and O–H groups in total. The smallest absolute Gasteiger partial charge is 0.295 e. The number of unbranched alkanes of at least 4 members (excludes halogenated alkanes) is 1. The number of likely N-dealkylation sites (tertiary alicyclic amines) is 1. The number of Topliss-reactive ketones (excluding diaryl/α,β-unsaturated/α-hetero) is 1. The van der Waals surface area contributed by atoms with Gasteiger partial charge in [-0.05, 0) is 62.6 Å². The molecule has 0 radical (unpaired) electrons. The molecule has 1 aliphatic heterocycles. The van der Waals surface area contributed by atoms with Gasteiger partial charge in [-0.15, -0.1) is 0 Å². The zero-order chi connectivity index (χ0) is 24.3. The standard InChI is InChI=1S/C26H30ClNO5/c1-6-7-12-28-22(17-8-10-18(11-9-17)33-15(2)3)21(24(30)26(28)31)23(29)19-13-16(4)14-20(27)25(19)32-5/h8-11,13-15,22,29H,6-7,12H2,1-5H3/b23-21+. The summed E-state index contributed by atoms with van der Waals surface area (Å²) in [5.74, 6) is -0.723. The highest BCUT2D eigenvalue weighted by Crippen LogP contribution is 2.43. The van der Waals surface area contributed by atoms with Gasteiger partial charge in [-0.1, -0.05) is 37.1 Å². The van der Waals surface area contributed by atoms with Crippen LogP contribution in [-0.4, -0.2) is 41.5 Å². The lowest BCUT2D eigenvalue weighted by Gasteiger charge is -2.25. The van der Waals surface area contributed by atoms with Gasteiger partial charge in [0.05, 0.1) is 35.4 Å². The molecule has 1 fully saturated rings. The van der Waals surface area contributed by atoms with Crippen molar-refractivity contribution in [1.82, 2.24) is 4.90 Å². The largest absolute Gasteiger partial charge is 0.507 e. The van der Waals surface area contributed by atoms with Crippen molar-refractivity contribution in [3.63, 3.8) is 0 Å². The summed E-state index contributed by atoms with van der Waals surface area (Å²) < 4.78 is 11.1. The Labute approximate surface area is 199 Å². The highest BCUT2D eigenvalue weighted by atomic mass is 35.5. The van der Waals surface area contributed by atoms with E-state index in [1.807, 2.05) is 39.8 Å². The third kappa shape index (κ3) is 5.01. The number of benzene rings is 2. The number of carbonyl (C=O) groups is 2. The summed E-state index contributed by atoms with van der Waals surface area (Å²) in [7, 11) is 1.44. The van der Waals surface area contributed by atoms with Gasteiger partial charge >= 0.3 is 0 Å². The van der Waals surface area contributed by atoms with Crippen LogP contribution in [0.3, 0.4) is 0 Å². The first-order valence-electron chi connectivity index (χ1n) is 11.1. The van der Waals surface area contributed by atoms with Gasteiger partial charge in [0.15, 0.2) is 0 Å². The number of aliphatic hydroxyl groups excluding tert-OH is 1. The van der Waals surface area contributed by atoms with Gasteiger partial charge in [0, 0.05) is 6.54 Å². The number of hydrogen-bond acceptors (Lipinski definition) is 5. The molecule has 3 rings (SSSR count). The van der Waals surface area contributed by atoms with Gasteiger partial charge in [0.25, 0.3) is 11.7 Å². The summed E-state index contributed by atoms with van der Waals surface area (Å²) >= 11 is 6.33. The minimum atomic E-state index is -0.728. The van der Waals surface area contributed by atoms with Crippen LogP contribution in [0.2, 0.25) is 5.02 Å². The van der Waals surface area contributed by atoms with Crippen molar-refractivity contribution in [2.45, 2.75) is 52.7 Å². The van der Waals surface area contributed by atoms with E-state index in [4.69, 9.17) is 21.1 Å². The number of aliphatic hydroxyl groups is 1. The van der Waals surface area contributed by atoms with Gasteiger partial charge in [0.2, 0.25) is 0 Å². The van der Waals surface area contributed by atoms with Crippen molar-refractivity contribution in [3.8, 4) is 11.5 Å². The molecule has 0 spiro atoms. The van der Waals surface area contributed by atoms with E-state index in [-0.39, 0.29) is 28.7 Å². The van der Waals surface area contributed by atoms with Crippen LogP contribution in [-0.2, 0) is 9.59 Å². The summed E-state index contributed by atoms with van der Waals surface area (Å²) in [5, 5.41) is 11.6. The normalized spacial score (nSPS) is 17.7. The van der Waals surface area contributed by atoms with Crippen LogP contribution in [0.1, 0.15) is 56.3 Å². The monoisotopic (exact) mass is 471 g/mol. The van der Waals surface area contributed by atoms with Crippen molar-refractivity contribution >= 4 is 29.1 Å². The molecule has 1 amide bonds. The van der Waals surface area contributed by atoms with Crippen molar-refractivity contribution in [2.24, 2.45) is 0 Å². The molecule has 1 heterocycles. The van der Waals surface area contributed by atoms with Crippen molar-refractivity contribution < 1.29 is 24.2 Å². The maximum absolute atomic E-state index is 13.2. The van der Waals surface area contributed by atoms with Crippen LogP contribution >= 0.6 is 11.6 Å². The molecule has 1 aliphatic rings. The number of nitrogens with zero attached hydrogens (tertiary/aromatic N) is 1. The Morgan fingerprint density at radius 3 is 2.42 bits per heavy atom. The Bertz CT molecular complexity index is 1070. The quantitative estimate of drug-likeness (QED) is 0.305. The number of rotatable bonds is 8. The highest BCUT2D eigenvalue weighted by Gasteiger charge is 2.46. The van der Waals surface area contributed by atoms with Crippen LogP contribution in [0.4, 0.5) is 0 Å². The summed E-state index contributed by atoms with van der Waals surface area (Å²) in [6, 6.07) is 9.92. The first kappa shape index (κ1) is 24.6. The molecular formula is C26H30ClNO5. The average molecular weight is 472 g/mol. The fourth-order valence-electron chi connectivity index (χ4n) is 4.04. The summed E-state index contributed by atoms with van der Waals surface area (Å²) in [4.78, 5) is 27.7. The van der Waals surface area contributed by atoms with E-state index in [1.165, 1.54) is 12.0 Å². The van der Waals surface area contributed by atoms with E-state index in [1.54, 1.807) is 24.3 Å². The second-order valence-electron chi connectivity index (χ2n) is 8.41. The first-order chi connectivity index (χ1) is 15.7. The Hall–Kier alpha value is -2.99. The topological polar surface area (TPSA) is 76.1 Å². The predicted octanol–water partition coefficient (Wildman–Crippen LogP) is 5.67. The van der Waals surface area contributed by atoms with Crippen molar-refractivity contribution in [3.05, 3.63) is 63.7 Å². The Kier molecular flexibility index (Phi) is 7.69. The minimum absolute atomic E-state index is 0.0181. The molecule has 2 aromatic carbocycles. The number of carbonyl (C=O) groups excluding carboxylic acids is 2. The number of methoxy groups -OCH3 is 1. The number of halogens is 1. The molecule has 1 unspecified atom stereocenters. The van der Waals surface area contributed by atoms with Crippen molar-refractivity contribution in [1.29, 1.82) is 0 Å². The van der Waals surface area contributed by atoms with Crippen LogP contribution < -0.4 is 9.47 Å². The molecule has 0 bridgehead atoms. The fraction of sp³-hybridized carbons (Fsp3) is 0.385. The van der Waals surface area contributed by atoms with Gasteiger partial charge in [-0.2, -0.15) is 0 Å². The Morgan fingerprint density at radius 1 is 1.18 bits per heavy atom. The van der Waals surface area contributed by atoms with Crippen molar-refractivity contribution in [2.75, 3.05) is 13.7 Å². The van der Waals surface area contributed by atoms with Gasteiger partial charge in [-0.25, -0.2) is 0 Å². The maximum atomic E-state index is 13.2. The van der Waals surface area contributed by atoms with E-state index in [0.29, 0.717) is 22.9 Å². The number of amides is 1. The van der Waals surface area contributed by atoms with Crippen LogP contribution in [0, 0.1) is 6.92 Å². The SMILES string of the molecule is CCCCN1C(=O)C(=O)/C(=C(/O)c2cc(C)cc(Cl)c2OC)C1c1ccc(OC(C)C)cc1. The zero-order valence-electron chi connectivity index (χ0n) is 19.6. The maximum Gasteiger partial charge on any atom is 0.295 e. The van der Waals surface area contributed by atoms with E-state index in [0.717, 1.165) is 18.4 Å². The molecule has 0 aromatic heterocycles. The molecular weight excluding hydrogens is 442 g/mol. The third-order valence-corrected chi connectivity index (χ3v) is 5.79. The van der Waals surface area contributed by atoms with Gasteiger partial charge < -0.3 is 19.5 Å². The number of hydrogen-bond donors (Lipinski definition) is 1. The van der Waals surface area contributed by atoms with Gasteiger partial charge in [-0.3, -0.25) is 9.59 Å². The lowest BCUT2D eigenvalue weighted by Crippen LogP contribution is -2.30. The van der Waals surface area contributed by atoms with E-state index in [2.05, 4.69) is 0 Å². The molecule has 176 valence electrons. The van der Waals surface area contributed by atoms with Crippen LogP contribution in [0.5, 0.6) is 11.5 Å². The fourth-order valence-corrected chi connectivity index (χ4v) is 4.39. The number of ketones is 1. The van der Waals surface area contributed by atoms with Crippen LogP contribution in [0.25, 0.3) is 5.76 Å². The molecule has 1 saturated heterocycles. The number of ether oxygens (including phenoxy) is 2. The van der Waals surface area contributed by atoms with Gasteiger partial charge in [0.1, 0.15) is 17.3 Å². The molecule has 0 aliphatic carbocycles. The van der Waals surface area contributed by atoms with Crippen LogP contribution in [0.15, 0.2) is 42.0 Å². The molecule has 2 aromatic rings. The Balaban J connectivity index is 2.19. The highest BCUT2D eigenvalue weighted by molar-refractivity contribution is 6.46. The summed E-state index contributed by atoms with van der Waals surface area (Å²) in [6.45, 7) is 8.12. The second-order valence-corrected chi connectivity index (χ2v) is 8.82. The molecule has 6 nitrogen and oxygen atoms in total. The third-order valence-electron chi connectivity index (χ3n) is 5.51. The molecule has 7 heteroatoms. The number of aryl methyl sites for hydroxylation is 1. The van der Waals surface area contributed by atoms with E-state index in [9.17, 15) is 14.7 Å². The molecule has 1 atom stereocenters.